The predicted molar refractivity (Wildman–Crippen MR) is 145 cm³/mol. The summed E-state index contributed by atoms with van der Waals surface area (Å²) in [5.74, 6) is -3.02. The first-order valence-corrected chi connectivity index (χ1v) is 13.1. The maximum absolute atomic E-state index is 13.9. The number of carbonyl (C=O) groups excluding carboxylic acids is 5. The molecule has 3 atom stereocenters. The zero-order chi connectivity index (χ0) is 29.4. The normalized spacial score (nSPS) is 16.4. The van der Waals surface area contributed by atoms with Crippen molar-refractivity contribution in [2.45, 2.75) is 70.7 Å². The first-order chi connectivity index (χ1) is 18.9. The third kappa shape index (κ3) is 8.05. The van der Waals surface area contributed by atoms with Crippen LogP contribution in [0.15, 0.2) is 60.7 Å². The van der Waals surface area contributed by atoms with E-state index in [1.807, 2.05) is 0 Å². The van der Waals surface area contributed by atoms with Crippen LogP contribution in [-0.2, 0) is 30.4 Å². The highest BCUT2D eigenvalue weighted by atomic mass is 16.7. The molecule has 40 heavy (non-hydrogen) atoms. The van der Waals surface area contributed by atoms with Crippen LogP contribution in [0.2, 0.25) is 0 Å². The van der Waals surface area contributed by atoms with E-state index < -0.39 is 53.5 Å². The van der Waals surface area contributed by atoms with Gasteiger partial charge in [0.15, 0.2) is 6.04 Å². The topological polar surface area (TPSA) is 148 Å². The number of hydrogen-bond acceptors (Lipinski definition) is 7. The van der Waals surface area contributed by atoms with Crippen molar-refractivity contribution in [3.05, 3.63) is 71.8 Å². The Morgan fingerprint density at radius 3 is 2.20 bits per heavy atom. The number of nitrogens with zero attached hydrogens (tertiary/aromatic N) is 2. The van der Waals surface area contributed by atoms with Crippen LogP contribution in [0.25, 0.3) is 0 Å². The van der Waals surface area contributed by atoms with Crippen LogP contribution in [0.4, 0.5) is 4.79 Å². The largest absolute Gasteiger partial charge is 0.444 e. The van der Waals surface area contributed by atoms with E-state index >= 15 is 0 Å². The van der Waals surface area contributed by atoms with E-state index in [1.54, 1.807) is 69.3 Å². The minimum Gasteiger partial charge on any atom is -0.444 e. The summed E-state index contributed by atoms with van der Waals surface area (Å²) in [6, 6.07) is 13.5. The molecule has 4 amide bonds. The summed E-state index contributed by atoms with van der Waals surface area (Å²) >= 11 is 0. The molecule has 3 N–H and O–H groups in total. The van der Waals surface area contributed by atoms with Gasteiger partial charge in [-0.25, -0.2) is 9.59 Å². The number of carbonyl (C=O) groups is 5. The lowest BCUT2D eigenvalue weighted by atomic mass is 10.0. The standard InChI is InChI=1S/C29H36N4O7/c1-19(31-28(38)39-29(2,3)4)25(35)32-17-11-16-22(32)26(36)33(40-27(37)21-14-9-6-10-15-21)23(24(30)34)18-20-12-7-5-8-13-20/h5-10,12-15,19,22-23H,11,16-18H2,1-4H3,(H2,30,34)(H,31,38)/t19-,22-,23-/m0/s1. The molecular formula is C29H36N4O7. The number of nitrogens with one attached hydrogen (secondary N) is 1. The minimum atomic E-state index is -1.34. The number of primary amides is 1. The van der Waals surface area contributed by atoms with Gasteiger partial charge >= 0.3 is 12.1 Å². The van der Waals surface area contributed by atoms with E-state index in [-0.39, 0.29) is 24.9 Å². The summed E-state index contributed by atoms with van der Waals surface area (Å²) < 4.78 is 5.23. The Hall–Kier alpha value is -4.41. The summed E-state index contributed by atoms with van der Waals surface area (Å²) in [4.78, 5) is 71.9. The summed E-state index contributed by atoms with van der Waals surface area (Å²) in [6.07, 6.45) is -0.0337. The third-order valence-electron chi connectivity index (χ3n) is 6.22. The third-order valence-corrected chi connectivity index (χ3v) is 6.22. The Kier molecular flexibility index (Phi) is 9.87. The molecule has 0 saturated carbocycles. The van der Waals surface area contributed by atoms with Gasteiger partial charge in [-0.05, 0) is 58.2 Å². The van der Waals surface area contributed by atoms with Gasteiger partial charge in [-0.3, -0.25) is 14.4 Å². The fourth-order valence-electron chi connectivity index (χ4n) is 4.34. The maximum Gasteiger partial charge on any atom is 0.408 e. The van der Waals surface area contributed by atoms with Crippen LogP contribution < -0.4 is 11.1 Å². The van der Waals surface area contributed by atoms with Gasteiger partial charge in [-0.1, -0.05) is 48.5 Å². The second kappa shape index (κ2) is 13.1. The molecular weight excluding hydrogens is 516 g/mol. The average Bonchev–Trinajstić information content (AvgIpc) is 3.39. The van der Waals surface area contributed by atoms with Gasteiger partial charge in [-0.2, -0.15) is 5.06 Å². The van der Waals surface area contributed by atoms with Crippen molar-refractivity contribution >= 4 is 29.8 Å². The first-order valence-electron chi connectivity index (χ1n) is 13.1. The molecule has 11 heteroatoms. The Morgan fingerprint density at radius 2 is 1.62 bits per heavy atom. The summed E-state index contributed by atoms with van der Waals surface area (Å²) in [5.41, 5.74) is 5.81. The smallest absolute Gasteiger partial charge is 0.408 e. The molecule has 0 radical (unpaired) electrons. The van der Waals surface area contributed by atoms with Crippen LogP contribution in [0.1, 0.15) is 56.5 Å². The highest BCUT2D eigenvalue weighted by Gasteiger charge is 2.43. The van der Waals surface area contributed by atoms with E-state index in [4.69, 9.17) is 15.3 Å². The van der Waals surface area contributed by atoms with Crippen molar-refractivity contribution in [2.24, 2.45) is 5.73 Å². The number of ether oxygens (including phenoxy) is 1. The van der Waals surface area contributed by atoms with E-state index in [0.717, 1.165) is 0 Å². The van der Waals surface area contributed by atoms with Crippen molar-refractivity contribution < 1.29 is 33.5 Å². The lowest BCUT2D eigenvalue weighted by Gasteiger charge is -2.33. The molecule has 1 fully saturated rings. The highest BCUT2D eigenvalue weighted by molar-refractivity contribution is 5.95. The number of likely N-dealkylation sites (tertiary alicyclic amines) is 1. The molecule has 1 heterocycles. The fraction of sp³-hybridized carbons (Fsp3) is 0.414. The number of hydroxylamine groups is 2. The van der Waals surface area contributed by atoms with Gasteiger partial charge < -0.3 is 25.5 Å². The van der Waals surface area contributed by atoms with Crippen LogP contribution in [-0.4, -0.2) is 70.0 Å². The molecule has 0 bridgehead atoms. The summed E-state index contributed by atoms with van der Waals surface area (Å²) in [7, 11) is 0. The molecule has 1 saturated heterocycles. The van der Waals surface area contributed by atoms with Crippen molar-refractivity contribution in [1.29, 1.82) is 0 Å². The Bertz CT molecular complexity index is 1210. The van der Waals surface area contributed by atoms with Gasteiger partial charge in [0.1, 0.15) is 17.7 Å². The van der Waals surface area contributed by atoms with Crippen LogP contribution in [0, 0.1) is 0 Å². The van der Waals surface area contributed by atoms with Crippen molar-refractivity contribution in [3.63, 3.8) is 0 Å². The van der Waals surface area contributed by atoms with Gasteiger partial charge in [0.05, 0.1) is 5.56 Å². The van der Waals surface area contributed by atoms with Crippen LogP contribution in [0.3, 0.4) is 0 Å². The zero-order valence-electron chi connectivity index (χ0n) is 23.2. The molecule has 1 aliphatic heterocycles. The van der Waals surface area contributed by atoms with Crippen molar-refractivity contribution in [3.8, 4) is 0 Å². The second-order valence-corrected chi connectivity index (χ2v) is 10.6. The lowest BCUT2D eigenvalue weighted by Crippen LogP contribution is -2.57. The molecule has 0 aliphatic carbocycles. The molecule has 0 aromatic heterocycles. The Labute approximate surface area is 233 Å². The Balaban J connectivity index is 1.87. The monoisotopic (exact) mass is 552 g/mol. The zero-order valence-corrected chi connectivity index (χ0v) is 23.2. The van der Waals surface area contributed by atoms with E-state index in [9.17, 15) is 24.0 Å². The molecule has 0 unspecified atom stereocenters. The second-order valence-electron chi connectivity index (χ2n) is 10.6. The van der Waals surface area contributed by atoms with Crippen molar-refractivity contribution in [1.82, 2.24) is 15.3 Å². The van der Waals surface area contributed by atoms with Crippen LogP contribution >= 0.6 is 0 Å². The summed E-state index contributed by atoms with van der Waals surface area (Å²) in [5, 5.41) is 3.19. The average molecular weight is 553 g/mol. The molecule has 3 rings (SSSR count). The number of rotatable bonds is 8. The number of nitrogens with two attached hydrogens (primary N) is 1. The lowest BCUT2D eigenvalue weighted by molar-refractivity contribution is -0.185. The molecule has 11 nitrogen and oxygen atoms in total. The van der Waals surface area contributed by atoms with Gasteiger partial charge in [0, 0.05) is 13.0 Å². The maximum atomic E-state index is 13.9. The molecule has 2 aromatic carbocycles. The molecule has 2 aromatic rings. The first kappa shape index (κ1) is 30.1. The Morgan fingerprint density at radius 1 is 1.02 bits per heavy atom. The molecule has 214 valence electrons. The fourth-order valence-corrected chi connectivity index (χ4v) is 4.34. The number of alkyl carbamates (subject to hydrolysis) is 1. The SMILES string of the molecule is C[C@H](NC(=O)OC(C)(C)C)C(=O)N1CCC[C@H]1C(=O)N(OC(=O)c1ccccc1)[C@@H](Cc1ccccc1)C(N)=O. The van der Waals surface area contributed by atoms with Crippen molar-refractivity contribution in [2.75, 3.05) is 6.54 Å². The number of benzene rings is 2. The molecule has 1 aliphatic rings. The van der Waals surface area contributed by atoms with Gasteiger partial charge in [0.2, 0.25) is 11.8 Å². The quantitative estimate of drug-likeness (QED) is 0.478. The van der Waals surface area contributed by atoms with Gasteiger partial charge in [0.25, 0.3) is 5.91 Å². The summed E-state index contributed by atoms with van der Waals surface area (Å²) in [6.45, 7) is 6.81. The molecule has 0 spiro atoms. The number of amides is 4. The van der Waals surface area contributed by atoms with Crippen LogP contribution in [0.5, 0.6) is 0 Å². The highest BCUT2D eigenvalue weighted by Crippen LogP contribution is 2.24. The minimum absolute atomic E-state index is 0.0126. The van der Waals surface area contributed by atoms with E-state index in [1.165, 1.54) is 24.0 Å². The predicted octanol–water partition coefficient (Wildman–Crippen LogP) is 2.59. The number of hydrogen-bond donors (Lipinski definition) is 2. The van der Waals surface area contributed by atoms with E-state index in [2.05, 4.69) is 5.32 Å². The van der Waals surface area contributed by atoms with E-state index in [0.29, 0.717) is 17.0 Å². The van der Waals surface area contributed by atoms with Gasteiger partial charge in [-0.15, -0.1) is 0 Å².